The molecule has 0 aliphatic heterocycles. The quantitative estimate of drug-likeness (QED) is 0.0316. The Hall–Kier alpha value is 0.0100. The van der Waals surface area contributed by atoms with Crippen LogP contribution >= 0.6 is 7.82 Å². The molecule has 280 valence electrons. The van der Waals surface area contributed by atoms with Gasteiger partial charge in [-0.2, -0.15) is 0 Å². The van der Waals surface area contributed by atoms with Gasteiger partial charge in [-0.25, -0.2) is 4.57 Å². The summed E-state index contributed by atoms with van der Waals surface area (Å²) < 4.78 is 32.2. The van der Waals surface area contributed by atoms with Crippen LogP contribution in [0.5, 0.6) is 0 Å². The summed E-state index contributed by atoms with van der Waals surface area (Å²) in [5, 5.41) is 10.6. The molecule has 0 heterocycles. The van der Waals surface area contributed by atoms with Crippen LogP contribution in [-0.2, 0) is 32.7 Å². The third-order valence-corrected chi connectivity index (χ3v) is 9.44. The minimum Gasteiger partial charge on any atom is -0.853 e. The van der Waals surface area contributed by atoms with E-state index >= 15 is 0 Å². The maximum absolute atomic E-state index is 12.5. The molecule has 0 aromatic heterocycles. The fraction of sp³-hybridized carbons (Fsp3) is 0.946. The number of hydrogen-bond donors (Lipinski definition) is 1. The van der Waals surface area contributed by atoms with Gasteiger partial charge in [0.15, 0.2) is 6.10 Å². The smallest absolute Gasteiger partial charge is 0.853 e. The number of ether oxygens (including phenoxy) is 2. The van der Waals surface area contributed by atoms with E-state index in [4.69, 9.17) is 14.0 Å². The second-order valence-corrected chi connectivity index (χ2v) is 14.5. The van der Waals surface area contributed by atoms with Crippen molar-refractivity contribution in [3.05, 3.63) is 0 Å². The Bertz CT molecular complexity index is 756. The molecule has 0 bridgehead atoms. The first-order chi connectivity index (χ1) is 22.8. The summed E-state index contributed by atoms with van der Waals surface area (Å²) >= 11 is 0. The molecular weight excluding hydrogens is 642 g/mol. The van der Waals surface area contributed by atoms with Gasteiger partial charge in [-0.3, -0.25) is 18.6 Å². The summed E-state index contributed by atoms with van der Waals surface area (Å²) in [5.41, 5.74) is 0. The number of rotatable bonds is 37. The van der Waals surface area contributed by atoms with Gasteiger partial charge in [0.1, 0.15) is 6.61 Å². The molecule has 1 N–H and O–H groups in total. The zero-order valence-corrected chi connectivity index (χ0v) is 34.3. The van der Waals surface area contributed by atoms with E-state index in [-0.39, 0.29) is 49.0 Å². The Morgan fingerprint density at radius 3 is 1.29 bits per heavy atom. The molecule has 9 nitrogen and oxygen atoms in total. The Balaban J connectivity index is 0. The summed E-state index contributed by atoms with van der Waals surface area (Å²) in [6.07, 6.45) is 30.9. The SMILES string of the molecule is CCCCCCCCCCCCCCCC(=O)OC[C@H](COP(=O)(O)OCC[O-])OC(=O)CCCCCCCCCCCCCCC.[Na+]. The Morgan fingerprint density at radius 1 is 0.562 bits per heavy atom. The fourth-order valence-electron chi connectivity index (χ4n) is 5.56. The van der Waals surface area contributed by atoms with Crippen LogP contribution in [0.4, 0.5) is 0 Å². The predicted octanol–water partition coefficient (Wildman–Crippen LogP) is 6.90. The summed E-state index contributed by atoms with van der Waals surface area (Å²) in [7, 11) is -4.48. The third-order valence-electron chi connectivity index (χ3n) is 8.46. The number of carbonyl (C=O) groups excluding carboxylic acids is 2. The van der Waals surface area contributed by atoms with Gasteiger partial charge in [-0.15, -0.1) is 6.61 Å². The van der Waals surface area contributed by atoms with Crippen LogP contribution in [0.1, 0.15) is 194 Å². The van der Waals surface area contributed by atoms with Crippen LogP contribution in [0.15, 0.2) is 0 Å². The molecule has 0 aliphatic carbocycles. The van der Waals surface area contributed by atoms with Gasteiger partial charge in [0.25, 0.3) is 0 Å². The molecule has 0 saturated carbocycles. The van der Waals surface area contributed by atoms with E-state index in [1.54, 1.807) is 0 Å². The van der Waals surface area contributed by atoms with E-state index in [1.807, 2.05) is 0 Å². The van der Waals surface area contributed by atoms with Crippen LogP contribution in [0.3, 0.4) is 0 Å². The summed E-state index contributed by atoms with van der Waals surface area (Å²) in [4.78, 5) is 34.6. The summed E-state index contributed by atoms with van der Waals surface area (Å²) in [5.74, 6) is -0.872. The standard InChI is InChI=1S/C37H72O9P.Na/c1-3-5-7-9-11-13-15-17-19-21-23-25-27-29-36(39)43-33-35(34-45-47(41,42)44-32-31-38)46-37(40)30-28-26-24-22-20-18-16-14-12-10-8-6-4-2;/h35H,3-34H2,1-2H3,(H,41,42);/q-1;+1/t35-;/m1./s1. The maximum atomic E-state index is 12.5. The van der Waals surface area contributed by atoms with Gasteiger partial charge in [0, 0.05) is 19.4 Å². The molecule has 2 atom stereocenters. The van der Waals surface area contributed by atoms with Crippen molar-refractivity contribution in [3.63, 3.8) is 0 Å². The molecular formula is C37H72NaO9P. The largest absolute Gasteiger partial charge is 1.00 e. The van der Waals surface area contributed by atoms with Crippen molar-refractivity contribution in [2.24, 2.45) is 0 Å². The second-order valence-electron chi connectivity index (χ2n) is 13.1. The van der Waals surface area contributed by atoms with Gasteiger partial charge >= 0.3 is 49.3 Å². The van der Waals surface area contributed by atoms with Gasteiger partial charge in [-0.1, -0.05) is 168 Å². The molecule has 48 heavy (non-hydrogen) atoms. The molecule has 0 radical (unpaired) electrons. The van der Waals surface area contributed by atoms with Crippen molar-refractivity contribution in [3.8, 4) is 0 Å². The van der Waals surface area contributed by atoms with Gasteiger partial charge in [0.2, 0.25) is 0 Å². The van der Waals surface area contributed by atoms with Crippen molar-refractivity contribution in [2.45, 2.75) is 200 Å². The average molecular weight is 715 g/mol. The van der Waals surface area contributed by atoms with Gasteiger partial charge in [-0.05, 0) is 12.8 Å². The normalized spacial score (nSPS) is 13.1. The summed E-state index contributed by atoms with van der Waals surface area (Å²) in [6, 6.07) is 0. The Morgan fingerprint density at radius 2 is 0.917 bits per heavy atom. The molecule has 0 aliphatic rings. The molecule has 0 amide bonds. The first-order valence-corrected chi connectivity index (χ1v) is 20.9. The predicted molar refractivity (Wildman–Crippen MR) is 188 cm³/mol. The van der Waals surface area contributed by atoms with E-state index in [0.717, 1.165) is 38.5 Å². The second kappa shape index (κ2) is 38.2. The molecule has 0 rings (SSSR count). The maximum Gasteiger partial charge on any atom is 1.00 e. The number of carbonyl (C=O) groups is 2. The molecule has 0 saturated heterocycles. The van der Waals surface area contributed by atoms with E-state index < -0.39 is 45.7 Å². The Kier molecular flexibility index (Phi) is 39.9. The zero-order valence-electron chi connectivity index (χ0n) is 31.4. The number of phosphoric acid groups is 1. The van der Waals surface area contributed by atoms with Crippen molar-refractivity contribution in [1.29, 1.82) is 0 Å². The Labute approximate surface area is 316 Å². The number of phosphoric ester groups is 1. The molecule has 0 fully saturated rings. The minimum absolute atomic E-state index is 0. The first kappa shape index (κ1) is 50.1. The van der Waals surface area contributed by atoms with E-state index in [2.05, 4.69) is 18.4 Å². The van der Waals surface area contributed by atoms with Crippen LogP contribution in [0.2, 0.25) is 0 Å². The number of unbranched alkanes of at least 4 members (excludes halogenated alkanes) is 24. The van der Waals surface area contributed by atoms with Crippen LogP contribution < -0.4 is 34.7 Å². The molecule has 1 unspecified atom stereocenters. The van der Waals surface area contributed by atoms with Gasteiger partial charge in [0.05, 0.1) is 6.61 Å². The van der Waals surface area contributed by atoms with Crippen molar-refractivity contribution in [1.82, 2.24) is 0 Å². The minimum atomic E-state index is -4.48. The molecule has 0 spiro atoms. The zero-order chi connectivity index (χ0) is 34.7. The first-order valence-electron chi connectivity index (χ1n) is 19.4. The van der Waals surface area contributed by atoms with Crippen LogP contribution in [-0.4, -0.2) is 49.4 Å². The van der Waals surface area contributed by atoms with Gasteiger partial charge < -0.3 is 19.5 Å². The fourth-order valence-corrected chi connectivity index (χ4v) is 6.29. The van der Waals surface area contributed by atoms with Crippen molar-refractivity contribution in [2.75, 3.05) is 26.4 Å². The molecule has 0 aromatic carbocycles. The summed E-state index contributed by atoms with van der Waals surface area (Å²) in [6.45, 7) is 2.55. The van der Waals surface area contributed by atoms with E-state index in [0.29, 0.717) is 6.42 Å². The monoisotopic (exact) mass is 714 g/mol. The van der Waals surface area contributed by atoms with Crippen molar-refractivity contribution < 1.29 is 72.2 Å². The topological polar surface area (TPSA) is 131 Å². The van der Waals surface area contributed by atoms with E-state index in [9.17, 15) is 24.2 Å². The van der Waals surface area contributed by atoms with E-state index in [1.165, 1.54) is 122 Å². The average Bonchev–Trinajstić information content (AvgIpc) is 3.05. The van der Waals surface area contributed by atoms with Crippen molar-refractivity contribution >= 4 is 19.8 Å². The molecule has 11 heteroatoms. The third kappa shape index (κ3) is 37.3. The van der Waals surface area contributed by atoms with Crippen LogP contribution in [0.25, 0.3) is 0 Å². The number of hydrogen-bond acceptors (Lipinski definition) is 8. The van der Waals surface area contributed by atoms with Crippen LogP contribution in [0, 0.1) is 0 Å². The molecule has 0 aromatic rings. The number of esters is 2.